The summed E-state index contributed by atoms with van der Waals surface area (Å²) >= 11 is 1.54. The molecule has 1 aromatic carbocycles. The Hall–Kier alpha value is -2.09. The maximum atomic E-state index is 12.3. The maximum Gasteiger partial charge on any atom is 0.255 e. The number of benzene rings is 1. The van der Waals surface area contributed by atoms with Gasteiger partial charge in [0.2, 0.25) is 0 Å². The average Bonchev–Trinajstić information content (AvgIpc) is 2.92. The summed E-state index contributed by atoms with van der Waals surface area (Å²) in [6.45, 7) is 2.37. The molecule has 0 spiro atoms. The predicted molar refractivity (Wildman–Crippen MR) is 85.3 cm³/mol. The third-order valence-corrected chi connectivity index (χ3v) is 3.98. The lowest BCUT2D eigenvalue weighted by Gasteiger charge is -2.17. The lowest BCUT2D eigenvalue weighted by Crippen LogP contribution is -2.26. The Morgan fingerprint density at radius 1 is 1.29 bits per heavy atom. The molecule has 2 aromatic rings. The first-order valence-electron chi connectivity index (χ1n) is 6.58. The molecule has 3 nitrogen and oxygen atoms in total. The monoisotopic (exact) mass is 299 g/mol. The van der Waals surface area contributed by atoms with Crippen LogP contribution < -0.4 is 0 Å². The second-order valence-corrected chi connectivity index (χ2v) is 5.53. The summed E-state index contributed by atoms with van der Waals surface area (Å²) in [4.78, 5) is 14.0. The smallest absolute Gasteiger partial charge is 0.255 e. The number of aryl methyl sites for hydroxylation is 1. The zero-order valence-corrected chi connectivity index (χ0v) is 12.9. The molecule has 0 aliphatic heterocycles. The second kappa shape index (κ2) is 7.07. The van der Waals surface area contributed by atoms with E-state index in [1.54, 1.807) is 23.3 Å². The Bertz CT molecular complexity index is 677. The molecule has 0 fully saturated rings. The summed E-state index contributed by atoms with van der Waals surface area (Å²) in [6, 6.07) is 7.69. The van der Waals surface area contributed by atoms with E-state index in [0.29, 0.717) is 6.54 Å². The summed E-state index contributed by atoms with van der Waals surface area (Å²) in [5.41, 5.74) is 3.70. The molecule has 21 heavy (non-hydrogen) atoms. The van der Waals surface area contributed by atoms with Gasteiger partial charge < -0.3 is 10.0 Å². The van der Waals surface area contributed by atoms with E-state index in [2.05, 4.69) is 11.8 Å². The summed E-state index contributed by atoms with van der Waals surface area (Å²) < 4.78 is 0. The number of aliphatic hydroxyl groups excluding tert-OH is 1. The minimum atomic E-state index is -0.140. The number of aliphatic hydroxyl groups is 1. The van der Waals surface area contributed by atoms with Crippen LogP contribution in [0.3, 0.4) is 0 Å². The van der Waals surface area contributed by atoms with Crippen molar-refractivity contribution in [2.24, 2.45) is 0 Å². The van der Waals surface area contributed by atoms with Crippen LogP contribution in [0.4, 0.5) is 0 Å². The van der Waals surface area contributed by atoms with Crippen molar-refractivity contribution in [2.75, 3.05) is 13.7 Å². The van der Waals surface area contributed by atoms with E-state index in [-0.39, 0.29) is 12.5 Å². The first kappa shape index (κ1) is 15.3. The van der Waals surface area contributed by atoms with Crippen LogP contribution in [0.5, 0.6) is 0 Å². The number of carbonyl (C=O) groups excluding carboxylic acids is 1. The molecule has 1 N–H and O–H groups in total. The van der Waals surface area contributed by atoms with Crippen molar-refractivity contribution in [3.63, 3.8) is 0 Å². The molecule has 1 amide bonds. The topological polar surface area (TPSA) is 40.5 Å². The third kappa shape index (κ3) is 3.94. The van der Waals surface area contributed by atoms with Gasteiger partial charge in [0.1, 0.15) is 6.61 Å². The molecule has 2 rings (SSSR count). The Morgan fingerprint density at radius 3 is 2.57 bits per heavy atom. The van der Waals surface area contributed by atoms with E-state index in [1.807, 2.05) is 41.9 Å². The first-order chi connectivity index (χ1) is 10.1. The molecular weight excluding hydrogens is 282 g/mol. The number of hydrogen-bond acceptors (Lipinski definition) is 3. The van der Waals surface area contributed by atoms with Gasteiger partial charge in [0, 0.05) is 24.5 Å². The average molecular weight is 299 g/mol. The van der Waals surface area contributed by atoms with Crippen LogP contribution in [0, 0.1) is 18.8 Å². The number of hydrogen-bond donors (Lipinski definition) is 1. The molecule has 0 unspecified atom stereocenters. The summed E-state index contributed by atoms with van der Waals surface area (Å²) in [5, 5.41) is 12.5. The van der Waals surface area contributed by atoms with Crippen molar-refractivity contribution < 1.29 is 9.90 Å². The Kier molecular flexibility index (Phi) is 5.15. The molecule has 0 radical (unpaired) electrons. The maximum absolute atomic E-state index is 12.3. The van der Waals surface area contributed by atoms with E-state index < -0.39 is 0 Å². The fourth-order valence-electron chi connectivity index (χ4n) is 1.97. The van der Waals surface area contributed by atoms with E-state index in [0.717, 1.165) is 22.3 Å². The fraction of sp³-hybridized carbons (Fsp3) is 0.235. The minimum Gasteiger partial charge on any atom is -0.384 e. The van der Waals surface area contributed by atoms with Crippen molar-refractivity contribution >= 4 is 17.2 Å². The van der Waals surface area contributed by atoms with Crippen molar-refractivity contribution in [3.05, 3.63) is 57.3 Å². The van der Waals surface area contributed by atoms with Gasteiger partial charge in [0.25, 0.3) is 5.91 Å². The third-order valence-electron chi connectivity index (χ3n) is 3.12. The number of nitrogens with zero attached hydrogens (tertiary/aromatic N) is 1. The normalized spacial score (nSPS) is 9.86. The number of rotatable bonds is 3. The van der Waals surface area contributed by atoms with Crippen molar-refractivity contribution in [3.8, 4) is 11.8 Å². The van der Waals surface area contributed by atoms with Gasteiger partial charge >= 0.3 is 0 Å². The summed E-state index contributed by atoms with van der Waals surface area (Å²) in [6.07, 6.45) is 0. The first-order valence-corrected chi connectivity index (χ1v) is 7.53. The predicted octanol–water partition coefficient (Wildman–Crippen LogP) is 2.67. The molecule has 0 aliphatic rings. The molecule has 108 valence electrons. The van der Waals surface area contributed by atoms with Gasteiger partial charge in [-0.1, -0.05) is 24.0 Å². The number of thiophene rings is 1. The molecule has 0 saturated heterocycles. The molecular formula is C17H17NO2S. The van der Waals surface area contributed by atoms with Gasteiger partial charge in [0.05, 0.1) is 5.56 Å². The van der Waals surface area contributed by atoms with Crippen molar-refractivity contribution in [1.82, 2.24) is 4.90 Å². The lowest BCUT2D eigenvalue weighted by atomic mass is 10.1. The Labute approximate surface area is 128 Å². The van der Waals surface area contributed by atoms with Crippen LogP contribution >= 0.6 is 11.3 Å². The highest BCUT2D eigenvalue weighted by Gasteiger charge is 2.14. The minimum absolute atomic E-state index is 0.0397. The van der Waals surface area contributed by atoms with Gasteiger partial charge in [-0.2, -0.15) is 11.3 Å². The molecule has 0 saturated carbocycles. The van der Waals surface area contributed by atoms with Crippen LogP contribution in [-0.4, -0.2) is 29.6 Å². The van der Waals surface area contributed by atoms with Gasteiger partial charge in [-0.3, -0.25) is 4.79 Å². The van der Waals surface area contributed by atoms with Gasteiger partial charge in [-0.05, 0) is 35.6 Å². The number of amides is 1. The zero-order chi connectivity index (χ0) is 15.2. The fourth-order valence-corrected chi connectivity index (χ4v) is 2.79. The summed E-state index contributed by atoms with van der Waals surface area (Å²) in [7, 11) is 1.80. The van der Waals surface area contributed by atoms with Gasteiger partial charge in [0.15, 0.2) is 0 Å². The molecule has 0 atom stereocenters. The van der Waals surface area contributed by atoms with Gasteiger partial charge in [-0.15, -0.1) is 0 Å². The highest BCUT2D eigenvalue weighted by atomic mass is 32.1. The Balaban J connectivity index is 2.04. The highest BCUT2D eigenvalue weighted by molar-refractivity contribution is 7.08. The molecule has 0 aliphatic carbocycles. The van der Waals surface area contributed by atoms with Crippen molar-refractivity contribution in [2.45, 2.75) is 13.5 Å². The lowest BCUT2D eigenvalue weighted by molar-refractivity contribution is 0.0785. The molecule has 1 aromatic heterocycles. The van der Waals surface area contributed by atoms with E-state index in [9.17, 15) is 4.79 Å². The molecule has 0 bridgehead atoms. The SMILES string of the molecule is Cc1cscc1C(=O)N(C)Cc1ccc(C#CCO)cc1. The van der Waals surface area contributed by atoms with Crippen LogP contribution in [0.1, 0.15) is 27.0 Å². The van der Waals surface area contributed by atoms with Crippen LogP contribution in [0.2, 0.25) is 0 Å². The van der Waals surface area contributed by atoms with Crippen LogP contribution in [0.25, 0.3) is 0 Å². The largest absolute Gasteiger partial charge is 0.384 e. The van der Waals surface area contributed by atoms with Gasteiger partial charge in [-0.25, -0.2) is 0 Å². The van der Waals surface area contributed by atoms with E-state index in [4.69, 9.17) is 5.11 Å². The zero-order valence-electron chi connectivity index (χ0n) is 12.1. The highest BCUT2D eigenvalue weighted by Crippen LogP contribution is 2.16. The van der Waals surface area contributed by atoms with E-state index >= 15 is 0 Å². The Morgan fingerprint density at radius 2 is 2.00 bits per heavy atom. The van der Waals surface area contributed by atoms with Crippen LogP contribution in [-0.2, 0) is 6.54 Å². The second-order valence-electron chi connectivity index (χ2n) is 4.79. The standard InChI is InChI=1S/C17H17NO2S/c1-13-11-21-12-16(13)17(20)18(2)10-15-7-5-14(6-8-15)4-3-9-19/h5-8,11-12,19H,9-10H2,1-2H3. The van der Waals surface area contributed by atoms with Crippen LogP contribution in [0.15, 0.2) is 35.0 Å². The molecule has 4 heteroatoms. The van der Waals surface area contributed by atoms with E-state index in [1.165, 1.54) is 0 Å². The quantitative estimate of drug-likeness (QED) is 0.885. The summed E-state index contributed by atoms with van der Waals surface area (Å²) in [5.74, 6) is 5.50. The number of carbonyl (C=O) groups is 1. The van der Waals surface area contributed by atoms with Crippen molar-refractivity contribution in [1.29, 1.82) is 0 Å². The molecule has 1 heterocycles.